The summed E-state index contributed by atoms with van der Waals surface area (Å²) in [6.45, 7) is 0.955. The number of nitrogens with zero attached hydrogens (tertiary/aromatic N) is 5. The van der Waals surface area contributed by atoms with E-state index in [1.54, 1.807) is 6.33 Å². The first kappa shape index (κ1) is 14.4. The lowest BCUT2D eigenvalue weighted by molar-refractivity contribution is -0.569. The van der Waals surface area contributed by atoms with Gasteiger partial charge in [0, 0.05) is 6.54 Å². The van der Waals surface area contributed by atoms with E-state index in [0.29, 0.717) is 11.6 Å². The number of benzene rings is 1. The Bertz CT molecular complexity index is 1050. The summed E-state index contributed by atoms with van der Waals surface area (Å²) in [7, 11) is 0. The predicted octanol–water partition coefficient (Wildman–Crippen LogP) is 1.07. The Morgan fingerprint density at radius 1 is 1.24 bits per heavy atom. The molecule has 126 valence electrons. The van der Waals surface area contributed by atoms with Crippen LogP contribution in [0.1, 0.15) is 12.8 Å². The van der Waals surface area contributed by atoms with E-state index in [0.717, 1.165) is 41.8 Å². The van der Waals surface area contributed by atoms with Gasteiger partial charge in [-0.25, -0.2) is 4.98 Å². The first-order valence-corrected chi connectivity index (χ1v) is 8.42. The second kappa shape index (κ2) is 5.52. The van der Waals surface area contributed by atoms with E-state index in [-0.39, 0.29) is 12.6 Å². The molecule has 4 heterocycles. The normalized spacial score (nSPS) is 17.8. The Hall–Kier alpha value is -3.00. The van der Waals surface area contributed by atoms with Gasteiger partial charge in [-0.2, -0.15) is 9.55 Å². The predicted molar refractivity (Wildman–Crippen MR) is 92.5 cm³/mol. The van der Waals surface area contributed by atoms with Crippen molar-refractivity contribution in [3.63, 3.8) is 0 Å². The van der Waals surface area contributed by atoms with E-state index in [1.807, 2.05) is 35.2 Å². The number of aromatic nitrogens is 6. The van der Waals surface area contributed by atoms with Crippen molar-refractivity contribution >= 4 is 28.1 Å². The largest absolute Gasteiger partial charge is 0.394 e. The molecule has 0 spiro atoms. The summed E-state index contributed by atoms with van der Waals surface area (Å²) in [6.07, 6.45) is 5.51. The third-order valence-corrected chi connectivity index (χ3v) is 4.84. The molecule has 3 N–H and O–H groups in total. The molecule has 0 unspecified atom stereocenters. The van der Waals surface area contributed by atoms with Crippen LogP contribution in [0.25, 0.3) is 28.0 Å². The molecule has 0 saturated carbocycles. The first-order valence-electron chi connectivity index (χ1n) is 8.42. The molecule has 0 amide bonds. The number of imidazole rings is 2. The van der Waals surface area contributed by atoms with Gasteiger partial charge in [-0.1, -0.05) is 17.1 Å². The van der Waals surface area contributed by atoms with Gasteiger partial charge in [0.25, 0.3) is 5.82 Å². The van der Waals surface area contributed by atoms with Crippen molar-refractivity contribution in [3.05, 3.63) is 36.9 Å². The molecule has 5 rings (SSSR count). The molecule has 0 aliphatic carbocycles. The average molecular weight is 336 g/mol. The van der Waals surface area contributed by atoms with Crippen LogP contribution >= 0.6 is 0 Å². The highest BCUT2D eigenvalue weighted by Crippen LogP contribution is 2.25. The summed E-state index contributed by atoms with van der Waals surface area (Å²) in [5, 5.41) is 9.64. The van der Waals surface area contributed by atoms with Crippen LogP contribution in [-0.2, 0) is 0 Å². The van der Waals surface area contributed by atoms with Crippen LogP contribution in [0.2, 0.25) is 0 Å². The Labute approximate surface area is 143 Å². The highest BCUT2D eigenvalue weighted by atomic mass is 16.3. The smallest absolute Gasteiger partial charge is 0.305 e. The zero-order chi connectivity index (χ0) is 16.8. The topological polar surface area (TPSA) is 97.6 Å². The fourth-order valence-corrected chi connectivity index (χ4v) is 3.58. The molecular weight excluding hydrogens is 318 g/mol. The summed E-state index contributed by atoms with van der Waals surface area (Å²) < 4.78 is 2.01. The van der Waals surface area contributed by atoms with Crippen molar-refractivity contribution in [1.82, 2.24) is 24.9 Å². The maximum Gasteiger partial charge on any atom is 0.305 e. The maximum absolute atomic E-state index is 9.64. The minimum absolute atomic E-state index is 0.0669. The van der Waals surface area contributed by atoms with Crippen LogP contribution < -0.4 is 9.47 Å². The number of hydrogen-bond acceptors (Lipinski definition) is 5. The second-order valence-electron chi connectivity index (χ2n) is 6.28. The van der Waals surface area contributed by atoms with Gasteiger partial charge in [0.2, 0.25) is 0 Å². The Morgan fingerprint density at radius 2 is 2.16 bits per heavy atom. The molecule has 1 aliphatic rings. The third kappa shape index (κ3) is 2.18. The number of para-hydroxylation sites is 2. The molecule has 0 radical (unpaired) electrons. The molecule has 3 aromatic heterocycles. The van der Waals surface area contributed by atoms with Crippen LogP contribution in [0.3, 0.4) is 0 Å². The van der Waals surface area contributed by atoms with Crippen LogP contribution in [-0.4, -0.2) is 49.2 Å². The van der Waals surface area contributed by atoms with Crippen molar-refractivity contribution < 1.29 is 9.67 Å². The summed E-state index contributed by atoms with van der Waals surface area (Å²) in [4.78, 5) is 22.2. The molecular formula is C17H18N7O+. The highest BCUT2D eigenvalue weighted by molar-refractivity contribution is 5.79. The summed E-state index contributed by atoms with van der Waals surface area (Å²) in [5.74, 6) is 1.36. The van der Waals surface area contributed by atoms with Gasteiger partial charge in [-0.05, 0) is 25.0 Å². The van der Waals surface area contributed by atoms with E-state index in [9.17, 15) is 5.11 Å². The van der Waals surface area contributed by atoms with E-state index >= 15 is 0 Å². The third-order valence-electron chi connectivity index (χ3n) is 4.84. The van der Waals surface area contributed by atoms with Crippen LogP contribution in [0.5, 0.6) is 0 Å². The van der Waals surface area contributed by atoms with Crippen LogP contribution in [0, 0.1) is 0 Å². The number of rotatable bonds is 3. The Balaban J connectivity index is 1.73. The molecule has 25 heavy (non-hydrogen) atoms. The number of hydrogen-bond donors (Lipinski definition) is 3. The number of fused-ring (bicyclic) bond motifs is 2. The maximum atomic E-state index is 9.64. The van der Waals surface area contributed by atoms with Gasteiger partial charge in [0.1, 0.15) is 11.0 Å². The van der Waals surface area contributed by atoms with Gasteiger partial charge in [0.05, 0.1) is 19.0 Å². The molecule has 8 heteroatoms. The Morgan fingerprint density at radius 3 is 3.08 bits per heavy atom. The fraction of sp³-hybridized carbons (Fsp3) is 0.294. The number of aliphatic hydroxyl groups excluding tert-OH is 1. The van der Waals surface area contributed by atoms with Gasteiger partial charge in [-0.15, -0.1) is 0 Å². The monoisotopic (exact) mass is 336 g/mol. The zero-order valence-electron chi connectivity index (χ0n) is 13.6. The summed E-state index contributed by atoms with van der Waals surface area (Å²) >= 11 is 0. The minimum atomic E-state index is 0.0669. The van der Waals surface area contributed by atoms with Crippen molar-refractivity contribution in [2.75, 3.05) is 18.1 Å². The number of aromatic amines is 2. The zero-order valence-corrected chi connectivity index (χ0v) is 13.6. The molecule has 1 aliphatic heterocycles. The van der Waals surface area contributed by atoms with Gasteiger partial charge >= 0.3 is 5.95 Å². The molecule has 8 nitrogen and oxygen atoms in total. The van der Waals surface area contributed by atoms with Crippen molar-refractivity contribution in [3.8, 4) is 5.82 Å². The lowest BCUT2D eigenvalue weighted by Gasteiger charge is -2.20. The SMILES string of the molecule is OC[C@@H]1CCCN1c1nc(-[n+]2c[nH]c3ccccc32)c2[nH]cnc2n1. The number of aliphatic hydroxyl groups is 1. The minimum Gasteiger partial charge on any atom is -0.394 e. The van der Waals surface area contributed by atoms with Gasteiger partial charge in [0.15, 0.2) is 17.5 Å². The van der Waals surface area contributed by atoms with Crippen LogP contribution in [0.4, 0.5) is 5.95 Å². The lowest BCUT2D eigenvalue weighted by Crippen LogP contribution is -2.36. The van der Waals surface area contributed by atoms with E-state index in [2.05, 4.69) is 24.8 Å². The summed E-state index contributed by atoms with van der Waals surface area (Å²) in [6, 6.07) is 8.14. The van der Waals surface area contributed by atoms with Crippen molar-refractivity contribution in [2.24, 2.45) is 0 Å². The van der Waals surface area contributed by atoms with Gasteiger partial charge < -0.3 is 15.0 Å². The van der Waals surface area contributed by atoms with Crippen molar-refractivity contribution in [1.29, 1.82) is 0 Å². The number of nitrogens with one attached hydrogen (secondary N) is 2. The van der Waals surface area contributed by atoms with Gasteiger partial charge in [-0.3, -0.25) is 4.98 Å². The first-order chi connectivity index (χ1) is 12.3. The summed E-state index contributed by atoms with van der Waals surface area (Å²) in [5.41, 5.74) is 3.48. The molecule has 1 atom stereocenters. The molecule has 4 aromatic rings. The molecule has 1 saturated heterocycles. The van der Waals surface area contributed by atoms with E-state index in [1.165, 1.54) is 0 Å². The lowest BCUT2D eigenvalue weighted by atomic mass is 10.2. The van der Waals surface area contributed by atoms with E-state index < -0.39 is 0 Å². The standard InChI is InChI=1S/C17H17N7O/c25-8-11-4-3-7-23(11)17-21-15-14(18-9-19-15)16(22-17)24-10-20-12-5-1-2-6-13(12)24/h1-2,5-6,9-11,25H,3-4,7-8H2,(H,18,19,21,22)/p+1/t11-/m0/s1. The van der Waals surface area contributed by atoms with Crippen molar-refractivity contribution in [2.45, 2.75) is 18.9 Å². The molecule has 1 aromatic carbocycles. The number of H-pyrrole nitrogens is 2. The average Bonchev–Trinajstić information content (AvgIpc) is 3.38. The quantitative estimate of drug-likeness (QED) is 0.486. The molecule has 1 fully saturated rings. The highest BCUT2D eigenvalue weighted by Gasteiger charge is 2.30. The van der Waals surface area contributed by atoms with E-state index in [4.69, 9.17) is 4.98 Å². The second-order valence-corrected chi connectivity index (χ2v) is 6.28. The Kier molecular flexibility index (Phi) is 3.17. The van der Waals surface area contributed by atoms with Crippen LogP contribution in [0.15, 0.2) is 36.9 Å². The molecule has 0 bridgehead atoms. The number of anilines is 1. The fourth-order valence-electron chi connectivity index (χ4n) is 3.58.